The van der Waals surface area contributed by atoms with Crippen LogP contribution in [0.5, 0.6) is 5.75 Å². The number of nitrogens with zero attached hydrogens (tertiary/aromatic N) is 2. The fraction of sp³-hybridized carbons (Fsp3) is 0.348. The molecule has 6 rings (SSSR count). The number of hydrogen-bond acceptors (Lipinski definition) is 5. The van der Waals surface area contributed by atoms with Crippen molar-refractivity contribution in [2.45, 2.75) is 24.4 Å². The molecule has 2 aromatic rings. The van der Waals surface area contributed by atoms with Crippen LogP contribution in [0.15, 0.2) is 36.4 Å². The van der Waals surface area contributed by atoms with Crippen molar-refractivity contribution in [2.24, 2.45) is 11.8 Å². The number of carbonyl (C=O) groups is 3. The van der Waals surface area contributed by atoms with Crippen LogP contribution in [-0.2, 0) is 19.9 Å². The van der Waals surface area contributed by atoms with Gasteiger partial charge in [0.05, 0.1) is 24.6 Å². The first-order chi connectivity index (χ1) is 15.4. The molecule has 164 valence electrons. The first-order valence-electron chi connectivity index (χ1n) is 10.5. The van der Waals surface area contributed by atoms with Crippen LogP contribution in [0.4, 0.5) is 15.8 Å². The van der Waals surface area contributed by atoms with Crippen LogP contribution in [-0.4, -0.2) is 42.3 Å². The van der Waals surface area contributed by atoms with Crippen molar-refractivity contribution in [1.29, 1.82) is 0 Å². The summed E-state index contributed by atoms with van der Waals surface area (Å²) in [4.78, 5) is 44.2. The molecule has 0 aromatic heterocycles. The number of hydrogen-bond donors (Lipinski definition) is 1. The predicted molar refractivity (Wildman–Crippen MR) is 114 cm³/mol. The van der Waals surface area contributed by atoms with Gasteiger partial charge < -0.3 is 10.1 Å². The smallest absolute Gasteiger partial charge is 0.250 e. The summed E-state index contributed by atoms with van der Waals surface area (Å²) in [6.07, 6.45) is 1.47. The zero-order valence-electron chi connectivity index (χ0n) is 17.1. The summed E-state index contributed by atoms with van der Waals surface area (Å²) in [6.45, 7) is 0.558. The standard InChI is InChI=1S/C23H19ClFN3O4/c1-32-17-7-4-11(24)9-16(17)28-20(29)18-15-3-2-8-27(15)23(19(18)21(28)30)13-10-12(25)5-6-14(13)26-22(23)31/h4-7,9-10,15,18-19H,2-3,8H2,1H3,(H,26,31)/t15-,18-,19-,23+/m0/s1. The molecule has 9 heteroatoms. The zero-order chi connectivity index (χ0) is 22.4. The highest BCUT2D eigenvalue weighted by Gasteiger charge is 2.74. The lowest BCUT2D eigenvalue weighted by molar-refractivity contribution is -0.135. The zero-order valence-corrected chi connectivity index (χ0v) is 17.9. The minimum Gasteiger partial charge on any atom is -0.495 e. The summed E-state index contributed by atoms with van der Waals surface area (Å²) < 4.78 is 19.7. The molecule has 0 saturated carbocycles. The highest BCUT2D eigenvalue weighted by atomic mass is 35.5. The van der Waals surface area contributed by atoms with Crippen molar-refractivity contribution in [3.63, 3.8) is 0 Å². The van der Waals surface area contributed by atoms with Gasteiger partial charge in [-0.15, -0.1) is 0 Å². The van der Waals surface area contributed by atoms with Crippen molar-refractivity contribution < 1.29 is 23.5 Å². The third kappa shape index (κ3) is 2.21. The largest absolute Gasteiger partial charge is 0.495 e. The van der Waals surface area contributed by atoms with Crippen molar-refractivity contribution >= 4 is 40.7 Å². The molecule has 4 aliphatic heterocycles. The molecule has 32 heavy (non-hydrogen) atoms. The van der Waals surface area contributed by atoms with Crippen LogP contribution < -0.4 is 15.0 Å². The molecule has 0 radical (unpaired) electrons. The maximum absolute atomic E-state index is 14.3. The van der Waals surface area contributed by atoms with Gasteiger partial charge in [0.2, 0.25) is 17.7 Å². The first-order valence-corrected chi connectivity index (χ1v) is 10.9. The molecule has 0 aliphatic carbocycles. The number of nitrogens with one attached hydrogen (secondary N) is 1. The summed E-state index contributed by atoms with van der Waals surface area (Å²) in [7, 11) is 1.45. The van der Waals surface area contributed by atoms with Crippen molar-refractivity contribution in [3.8, 4) is 5.75 Å². The molecule has 0 bridgehead atoms. The molecule has 7 nitrogen and oxygen atoms in total. The van der Waals surface area contributed by atoms with Gasteiger partial charge in [-0.25, -0.2) is 9.29 Å². The Morgan fingerprint density at radius 2 is 1.97 bits per heavy atom. The van der Waals surface area contributed by atoms with Crippen molar-refractivity contribution in [3.05, 3.63) is 52.8 Å². The van der Waals surface area contributed by atoms with Gasteiger partial charge in [-0.3, -0.25) is 19.3 Å². The van der Waals surface area contributed by atoms with Gasteiger partial charge in [0.1, 0.15) is 17.1 Å². The van der Waals surface area contributed by atoms with Gasteiger partial charge in [-0.05, 0) is 55.8 Å². The molecule has 1 N–H and O–H groups in total. The van der Waals surface area contributed by atoms with Gasteiger partial charge in [-0.1, -0.05) is 11.6 Å². The normalized spacial score (nSPS) is 30.7. The summed E-state index contributed by atoms with van der Waals surface area (Å²) in [5.74, 6) is -3.12. The van der Waals surface area contributed by atoms with Crippen LogP contribution in [0.2, 0.25) is 5.02 Å². The second kappa shape index (κ2) is 6.52. The van der Waals surface area contributed by atoms with E-state index >= 15 is 0 Å². The molecular formula is C23H19ClFN3O4. The van der Waals surface area contributed by atoms with Crippen molar-refractivity contribution in [1.82, 2.24) is 4.90 Å². The minimum absolute atomic E-state index is 0.252. The van der Waals surface area contributed by atoms with Crippen LogP contribution in [0, 0.1) is 17.7 Å². The monoisotopic (exact) mass is 455 g/mol. The lowest BCUT2D eigenvalue weighted by Gasteiger charge is -2.36. The third-order valence-corrected chi connectivity index (χ3v) is 7.57. The van der Waals surface area contributed by atoms with E-state index in [0.29, 0.717) is 35.0 Å². The average Bonchev–Trinajstić information content (AvgIpc) is 3.46. The van der Waals surface area contributed by atoms with Crippen LogP contribution in [0.25, 0.3) is 0 Å². The highest BCUT2D eigenvalue weighted by molar-refractivity contribution is 6.32. The summed E-state index contributed by atoms with van der Waals surface area (Å²) >= 11 is 6.17. The quantitative estimate of drug-likeness (QED) is 0.704. The molecule has 4 atom stereocenters. The number of methoxy groups -OCH3 is 1. The molecule has 3 amide bonds. The fourth-order valence-corrected chi connectivity index (χ4v) is 6.42. The number of amides is 3. The fourth-order valence-electron chi connectivity index (χ4n) is 6.25. The molecule has 3 fully saturated rings. The summed E-state index contributed by atoms with van der Waals surface area (Å²) in [5, 5.41) is 3.18. The third-order valence-electron chi connectivity index (χ3n) is 7.34. The number of ether oxygens (including phenoxy) is 1. The van der Waals surface area contributed by atoms with E-state index in [1.807, 2.05) is 4.90 Å². The van der Waals surface area contributed by atoms with E-state index in [9.17, 15) is 18.8 Å². The van der Waals surface area contributed by atoms with E-state index in [1.165, 1.54) is 31.4 Å². The maximum Gasteiger partial charge on any atom is 0.250 e. The number of halogens is 2. The second-order valence-corrected chi connectivity index (χ2v) is 9.08. The number of fused-ring (bicyclic) bond motifs is 7. The summed E-state index contributed by atoms with van der Waals surface area (Å²) in [6, 6.07) is 8.53. The number of carbonyl (C=O) groups excluding carboxylic acids is 3. The van der Waals surface area contributed by atoms with Gasteiger partial charge >= 0.3 is 0 Å². The Kier molecular flexibility index (Phi) is 4.02. The lowest BCUT2D eigenvalue weighted by atomic mass is 9.75. The van der Waals surface area contributed by atoms with E-state index in [0.717, 1.165) is 11.3 Å². The molecule has 4 aliphatic rings. The predicted octanol–water partition coefficient (Wildman–Crippen LogP) is 2.92. The maximum atomic E-state index is 14.3. The van der Waals surface area contributed by atoms with E-state index in [4.69, 9.17) is 16.3 Å². The van der Waals surface area contributed by atoms with Crippen molar-refractivity contribution in [2.75, 3.05) is 23.9 Å². The lowest BCUT2D eigenvalue weighted by Crippen LogP contribution is -2.54. The average molecular weight is 456 g/mol. The Balaban J connectivity index is 1.57. The van der Waals surface area contributed by atoms with E-state index in [-0.39, 0.29) is 17.6 Å². The van der Waals surface area contributed by atoms with Gasteiger partial charge in [0, 0.05) is 22.3 Å². The SMILES string of the molecule is COc1ccc(Cl)cc1N1C(=O)[C@@H]2[C@@H](C1=O)[C@]1(C(=O)Nc3ccc(F)cc31)N1CCC[C@@H]21. The van der Waals surface area contributed by atoms with Gasteiger partial charge in [0.15, 0.2) is 0 Å². The highest BCUT2D eigenvalue weighted by Crippen LogP contribution is 2.61. The molecule has 1 spiro atoms. The Morgan fingerprint density at radius 1 is 1.16 bits per heavy atom. The van der Waals surface area contributed by atoms with Gasteiger partial charge in [0.25, 0.3) is 0 Å². The number of benzene rings is 2. The van der Waals surface area contributed by atoms with Crippen LogP contribution in [0.1, 0.15) is 18.4 Å². The Bertz CT molecular complexity index is 1220. The Morgan fingerprint density at radius 3 is 2.75 bits per heavy atom. The molecule has 2 aromatic carbocycles. The summed E-state index contributed by atoms with van der Waals surface area (Å²) in [5.41, 5.74) is -0.275. The number of anilines is 2. The molecule has 4 heterocycles. The van der Waals surface area contributed by atoms with Crippen LogP contribution in [0.3, 0.4) is 0 Å². The topological polar surface area (TPSA) is 78.9 Å². The number of rotatable bonds is 2. The van der Waals surface area contributed by atoms with Gasteiger partial charge in [-0.2, -0.15) is 0 Å². The molecule has 3 saturated heterocycles. The molecule has 0 unspecified atom stereocenters. The van der Waals surface area contributed by atoms with Crippen LogP contribution >= 0.6 is 11.6 Å². The Hall–Kier alpha value is -2.97. The van der Waals surface area contributed by atoms with E-state index in [1.54, 1.807) is 12.1 Å². The van der Waals surface area contributed by atoms with E-state index in [2.05, 4.69) is 5.32 Å². The first kappa shape index (κ1) is 19.7. The molecular weight excluding hydrogens is 437 g/mol. The van der Waals surface area contributed by atoms with E-state index < -0.39 is 35.0 Å². The minimum atomic E-state index is -1.42. The number of imide groups is 1. The second-order valence-electron chi connectivity index (χ2n) is 8.64. The Labute approximate surface area is 188 Å².